The van der Waals surface area contributed by atoms with Gasteiger partial charge in [-0.15, -0.1) is 0 Å². The first-order valence-electron chi connectivity index (χ1n) is 6.26. The second-order valence-electron chi connectivity index (χ2n) is 5.26. The van der Waals surface area contributed by atoms with E-state index in [0.717, 1.165) is 25.8 Å². The van der Waals surface area contributed by atoms with Gasteiger partial charge in [0.2, 0.25) is 5.91 Å². The number of hydrogen-bond acceptors (Lipinski definition) is 2. The number of hydrogen-bond donors (Lipinski definition) is 2. The standard InChI is InChI=1S/C12H22N2O/c13-11-5-10(6-11)8-14-12(15)7-9-3-1-2-4-9/h9-11H,1-8,13H2,(H,14,15). The summed E-state index contributed by atoms with van der Waals surface area (Å²) in [5.41, 5.74) is 5.69. The molecule has 2 aliphatic carbocycles. The Labute approximate surface area is 91.8 Å². The van der Waals surface area contributed by atoms with E-state index in [2.05, 4.69) is 5.32 Å². The van der Waals surface area contributed by atoms with E-state index >= 15 is 0 Å². The molecule has 2 fully saturated rings. The van der Waals surface area contributed by atoms with Crippen LogP contribution in [0.3, 0.4) is 0 Å². The highest BCUT2D eigenvalue weighted by Gasteiger charge is 2.26. The molecule has 3 nitrogen and oxygen atoms in total. The summed E-state index contributed by atoms with van der Waals surface area (Å²) in [7, 11) is 0. The third-order valence-corrected chi connectivity index (χ3v) is 3.81. The van der Waals surface area contributed by atoms with E-state index in [1.165, 1.54) is 25.7 Å². The summed E-state index contributed by atoms with van der Waals surface area (Å²) in [6.45, 7) is 0.846. The zero-order valence-electron chi connectivity index (χ0n) is 9.37. The topological polar surface area (TPSA) is 55.1 Å². The van der Waals surface area contributed by atoms with E-state index in [9.17, 15) is 4.79 Å². The summed E-state index contributed by atoms with van der Waals surface area (Å²) in [6, 6.07) is 0.390. The lowest BCUT2D eigenvalue weighted by Crippen LogP contribution is -2.42. The lowest BCUT2D eigenvalue weighted by atomic mass is 9.81. The Kier molecular flexibility index (Phi) is 3.62. The van der Waals surface area contributed by atoms with Gasteiger partial charge in [0.05, 0.1) is 0 Å². The molecule has 0 aromatic rings. The van der Waals surface area contributed by atoms with Crippen molar-refractivity contribution in [3.05, 3.63) is 0 Å². The van der Waals surface area contributed by atoms with Crippen LogP contribution in [0.15, 0.2) is 0 Å². The van der Waals surface area contributed by atoms with E-state index < -0.39 is 0 Å². The zero-order chi connectivity index (χ0) is 10.7. The van der Waals surface area contributed by atoms with E-state index in [-0.39, 0.29) is 5.91 Å². The van der Waals surface area contributed by atoms with Crippen LogP contribution in [0.1, 0.15) is 44.9 Å². The zero-order valence-corrected chi connectivity index (χ0v) is 9.37. The summed E-state index contributed by atoms with van der Waals surface area (Å²) in [4.78, 5) is 11.6. The van der Waals surface area contributed by atoms with Gasteiger partial charge in [-0.1, -0.05) is 12.8 Å². The molecule has 0 spiro atoms. The summed E-state index contributed by atoms with van der Waals surface area (Å²) < 4.78 is 0. The Bertz CT molecular complexity index is 218. The smallest absolute Gasteiger partial charge is 0.220 e. The van der Waals surface area contributed by atoms with Crippen molar-refractivity contribution >= 4 is 5.91 Å². The largest absolute Gasteiger partial charge is 0.356 e. The SMILES string of the molecule is NC1CC(CNC(=O)CC2CCCC2)C1. The molecule has 2 rings (SSSR count). The van der Waals surface area contributed by atoms with Crippen LogP contribution in [-0.2, 0) is 4.79 Å². The molecular weight excluding hydrogens is 188 g/mol. The lowest BCUT2D eigenvalue weighted by molar-refractivity contribution is -0.122. The van der Waals surface area contributed by atoms with Crippen molar-refractivity contribution in [3.63, 3.8) is 0 Å². The molecule has 0 saturated heterocycles. The predicted octanol–water partition coefficient (Wildman–Crippen LogP) is 1.42. The summed E-state index contributed by atoms with van der Waals surface area (Å²) in [5, 5.41) is 3.04. The number of nitrogens with two attached hydrogens (primary N) is 1. The minimum Gasteiger partial charge on any atom is -0.356 e. The molecule has 0 heterocycles. The first-order chi connectivity index (χ1) is 7.24. The molecule has 3 N–H and O–H groups in total. The van der Waals surface area contributed by atoms with Crippen molar-refractivity contribution < 1.29 is 4.79 Å². The molecule has 1 amide bonds. The highest BCUT2D eigenvalue weighted by molar-refractivity contribution is 5.76. The third kappa shape index (κ3) is 3.20. The average Bonchev–Trinajstić information content (AvgIpc) is 2.63. The number of carbonyl (C=O) groups excluding carboxylic acids is 1. The Morgan fingerprint density at radius 2 is 1.87 bits per heavy atom. The molecule has 2 aliphatic rings. The first kappa shape index (κ1) is 10.9. The van der Waals surface area contributed by atoms with E-state index in [1.807, 2.05) is 0 Å². The third-order valence-electron chi connectivity index (χ3n) is 3.81. The quantitative estimate of drug-likeness (QED) is 0.737. The van der Waals surface area contributed by atoms with Crippen molar-refractivity contribution in [2.24, 2.45) is 17.6 Å². The molecule has 2 saturated carbocycles. The van der Waals surface area contributed by atoms with Crippen LogP contribution in [-0.4, -0.2) is 18.5 Å². The number of nitrogens with one attached hydrogen (secondary N) is 1. The van der Waals surface area contributed by atoms with Crippen molar-refractivity contribution in [2.75, 3.05) is 6.54 Å². The summed E-state index contributed by atoms with van der Waals surface area (Å²) >= 11 is 0. The van der Waals surface area contributed by atoms with Crippen molar-refractivity contribution in [2.45, 2.75) is 51.0 Å². The van der Waals surface area contributed by atoms with Gasteiger partial charge in [0.15, 0.2) is 0 Å². The molecule has 0 unspecified atom stereocenters. The molecule has 86 valence electrons. The molecule has 3 heteroatoms. The maximum absolute atomic E-state index is 11.6. The van der Waals surface area contributed by atoms with Gasteiger partial charge in [-0.05, 0) is 37.5 Å². The van der Waals surface area contributed by atoms with Crippen LogP contribution < -0.4 is 11.1 Å². The van der Waals surface area contributed by atoms with E-state index in [1.54, 1.807) is 0 Å². The van der Waals surface area contributed by atoms with Crippen LogP contribution in [0.2, 0.25) is 0 Å². The summed E-state index contributed by atoms with van der Waals surface area (Å²) in [6.07, 6.45) is 8.06. The highest BCUT2D eigenvalue weighted by atomic mass is 16.1. The monoisotopic (exact) mass is 210 g/mol. The second kappa shape index (κ2) is 4.97. The van der Waals surface area contributed by atoms with Gasteiger partial charge in [0.25, 0.3) is 0 Å². The van der Waals surface area contributed by atoms with Gasteiger partial charge in [0, 0.05) is 19.0 Å². The molecule has 0 radical (unpaired) electrons. The fraction of sp³-hybridized carbons (Fsp3) is 0.917. The molecule has 0 aromatic carbocycles. The van der Waals surface area contributed by atoms with Crippen LogP contribution >= 0.6 is 0 Å². The predicted molar refractivity (Wildman–Crippen MR) is 60.3 cm³/mol. The van der Waals surface area contributed by atoms with Crippen LogP contribution in [0.5, 0.6) is 0 Å². The van der Waals surface area contributed by atoms with Gasteiger partial charge >= 0.3 is 0 Å². The highest BCUT2D eigenvalue weighted by Crippen LogP contribution is 2.28. The van der Waals surface area contributed by atoms with Gasteiger partial charge < -0.3 is 11.1 Å². The number of carbonyl (C=O) groups is 1. The van der Waals surface area contributed by atoms with Crippen molar-refractivity contribution in [1.82, 2.24) is 5.32 Å². The van der Waals surface area contributed by atoms with Crippen LogP contribution in [0.4, 0.5) is 0 Å². The Morgan fingerprint density at radius 3 is 2.47 bits per heavy atom. The number of amides is 1. The molecule has 0 aliphatic heterocycles. The Morgan fingerprint density at radius 1 is 1.20 bits per heavy atom. The maximum atomic E-state index is 11.6. The molecule has 0 atom stereocenters. The Balaban J connectivity index is 1.56. The lowest BCUT2D eigenvalue weighted by Gasteiger charge is -2.32. The number of rotatable bonds is 4. The fourth-order valence-corrected chi connectivity index (χ4v) is 2.76. The van der Waals surface area contributed by atoms with Gasteiger partial charge in [0.1, 0.15) is 0 Å². The second-order valence-corrected chi connectivity index (χ2v) is 5.26. The fourth-order valence-electron chi connectivity index (χ4n) is 2.76. The molecule has 0 bridgehead atoms. The normalized spacial score (nSPS) is 31.3. The van der Waals surface area contributed by atoms with Crippen LogP contribution in [0, 0.1) is 11.8 Å². The van der Waals surface area contributed by atoms with E-state index in [0.29, 0.717) is 17.9 Å². The van der Waals surface area contributed by atoms with E-state index in [4.69, 9.17) is 5.73 Å². The molecule has 15 heavy (non-hydrogen) atoms. The van der Waals surface area contributed by atoms with Gasteiger partial charge in [-0.3, -0.25) is 4.79 Å². The van der Waals surface area contributed by atoms with Gasteiger partial charge in [-0.2, -0.15) is 0 Å². The first-order valence-corrected chi connectivity index (χ1v) is 6.26. The minimum absolute atomic E-state index is 0.252. The average molecular weight is 210 g/mol. The van der Waals surface area contributed by atoms with Gasteiger partial charge in [-0.25, -0.2) is 0 Å². The van der Waals surface area contributed by atoms with Crippen molar-refractivity contribution in [3.8, 4) is 0 Å². The van der Waals surface area contributed by atoms with Crippen molar-refractivity contribution in [1.29, 1.82) is 0 Å². The van der Waals surface area contributed by atoms with Crippen LogP contribution in [0.25, 0.3) is 0 Å². The molecular formula is C12H22N2O. The summed E-state index contributed by atoms with van der Waals surface area (Å²) in [5.74, 6) is 1.56. The molecule has 0 aromatic heterocycles. The minimum atomic E-state index is 0.252. The Hall–Kier alpha value is -0.570. The maximum Gasteiger partial charge on any atom is 0.220 e.